The van der Waals surface area contributed by atoms with Gasteiger partial charge < -0.3 is 5.32 Å². The highest BCUT2D eigenvalue weighted by atomic mass is 79.9. The summed E-state index contributed by atoms with van der Waals surface area (Å²) in [5.74, 6) is 0.449. The summed E-state index contributed by atoms with van der Waals surface area (Å²) in [4.78, 5) is 2.40. The van der Waals surface area contributed by atoms with Crippen molar-refractivity contribution >= 4 is 40.7 Å². The van der Waals surface area contributed by atoms with Crippen molar-refractivity contribution in [2.24, 2.45) is 5.92 Å². The number of piperazine rings is 1. The molecule has 0 aliphatic carbocycles. The van der Waals surface area contributed by atoms with Crippen molar-refractivity contribution in [3.8, 4) is 0 Å². The summed E-state index contributed by atoms with van der Waals surface area (Å²) >= 11 is 3.52. The molecule has 2 nitrogen and oxygen atoms in total. The molecular formula is C15H24BrCl2FN2. The molecule has 0 aromatic heterocycles. The van der Waals surface area contributed by atoms with Crippen LogP contribution in [0, 0.1) is 11.7 Å². The predicted octanol–water partition coefficient (Wildman–Crippen LogP) is 4.42. The van der Waals surface area contributed by atoms with Crippen molar-refractivity contribution < 1.29 is 4.39 Å². The maximum Gasteiger partial charge on any atom is 0.129 e. The second kappa shape index (κ2) is 10.0. The first-order valence-electron chi connectivity index (χ1n) is 6.98. The summed E-state index contributed by atoms with van der Waals surface area (Å²) in [5.41, 5.74) is 0.818. The molecule has 1 fully saturated rings. The number of hydrogen-bond donors (Lipinski definition) is 1. The standard InChI is InChI=1S/C15H22BrFN2.2ClH/c1-11(2)10-14(19-8-6-18-7-9-19)15-12(16)4-3-5-13(15)17;;/h3-5,11,14,18H,6-10H2,1-2H3;2*1H/t14-;;/m0../s1. The molecule has 21 heavy (non-hydrogen) atoms. The molecule has 1 atom stereocenters. The summed E-state index contributed by atoms with van der Waals surface area (Å²) in [7, 11) is 0. The Labute approximate surface area is 147 Å². The van der Waals surface area contributed by atoms with Gasteiger partial charge in [0.25, 0.3) is 0 Å². The summed E-state index contributed by atoms with van der Waals surface area (Å²) in [5, 5.41) is 3.36. The van der Waals surface area contributed by atoms with E-state index in [1.54, 1.807) is 12.1 Å². The largest absolute Gasteiger partial charge is 0.314 e. The van der Waals surface area contributed by atoms with Gasteiger partial charge in [0, 0.05) is 42.3 Å². The van der Waals surface area contributed by atoms with E-state index in [9.17, 15) is 4.39 Å². The third-order valence-corrected chi connectivity index (χ3v) is 4.31. The van der Waals surface area contributed by atoms with Crippen molar-refractivity contribution in [3.63, 3.8) is 0 Å². The fourth-order valence-corrected chi connectivity index (χ4v) is 3.33. The minimum atomic E-state index is -0.0986. The average Bonchev–Trinajstić information content (AvgIpc) is 2.38. The number of rotatable bonds is 4. The highest BCUT2D eigenvalue weighted by Crippen LogP contribution is 2.34. The van der Waals surface area contributed by atoms with Crippen LogP contribution in [-0.2, 0) is 0 Å². The Morgan fingerprint density at radius 1 is 1.24 bits per heavy atom. The number of nitrogens with one attached hydrogen (secondary N) is 1. The second-order valence-corrected chi connectivity index (χ2v) is 6.42. The van der Waals surface area contributed by atoms with Crippen LogP contribution in [0.15, 0.2) is 22.7 Å². The third-order valence-electron chi connectivity index (χ3n) is 3.62. The zero-order valence-electron chi connectivity index (χ0n) is 12.4. The first-order chi connectivity index (χ1) is 9.09. The summed E-state index contributed by atoms with van der Waals surface area (Å²) in [6, 6.07) is 5.43. The smallest absolute Gasteiger partial charge is 0.129 e. The van der Waals surface area contributed by atoms with Gasteiger partial charge in [0.2, 0.25) is 0 Å². The molecule has 1 aromatic carbocycles. The predicted molar refractivity (Wildman–Crippen MR) is 95.2 cm³/mol. The molecule has 1 aliphatic rings. The van der Waals surface area contributed by atoms with Crippen LogP contribution in [0.3, 0.4) is 0 Å². The first-order valence-corrected chi connectivity index (χ1v) is 7.77. The molecule has 122 valence electrons. The average molecular weight is 402 g/mol. The van der Waals surface area contributed by atoms with Crippen molar-refractivity contribution in [1.29, 1.82) is 0 Å². The van der Waals surface area contributed by atoms with E-state index in [-0.39, 0.29) is 36.7 Å². The maximum atomic E-state index is 14.2. The summed E-state index contributed by atoms with van der Waals surface area (Å²) in [6.07, 6.45) is 0.986. The van der Waals surface area contributed by atoms with Crippen molar-refractivity contribution in [2.75, 3.05) is 26.2 Å². The normalized spacial score (nSPS) is 17.0. The van der Waals surface area contributed by atoms with Gasteiger partial charge in [-0.05, 0) is 24.5 Å². The molecule has 0 spiro atoms. The zero-order valence-corrected chi connectivity index (χ0v) is 15.7. The van der Waals surface area contributed by atoms with Gasteiger partial charge >= 0.3 is 0 Å². The van der Waals surface area contributed by atoms with E-state index >= 15 is 0 Å². The number of hydrogen-bond acceptors (Lipinski definition) is 2. The molecular weight excluding hydrogens is 378 g/mol. The van der Waals surface area contributed by atoms with E-state index in [4.69, 9.17) is 0 Å². The van der Waals surface area contributed by atoms with Crippen LogP contribution in [-0.4, -0.2) is 31.1 Å². The molecule has 1 saturated heterocycles. The molecule has 2 rings (SSSR count). The van der Waals surface area contributed by atoms with Gasteiger partial charge in [-0.1, -0.05) is 35.8 Å². The Bertz CT molecular complexity index is 406. The lowest BCUT2D eigenvalue weighted by Crippen LogP contribution is -2.45. The van der Waals surface area contributed by atoms with Gasteiger partial charge in [-0.25, -0.2) is 4.39 Å². The van der Waals surface area contributed by atoms with Crippen LogP contribution in [0.2, 0.25) is 0 Å². The quantitative estimate of drug-likeness (QED) is 0.802. The minimum absolute atomic E-state index is 0. The number of nitrogens with zero attached hydrogens (tertiary/aromatic N) is 1. The second-order valence-electron chi connectivity index (χ2n) is 5.57. The lowest BCUT2D eigenvalue weighted by atomic mass is 9.94. The Hall–Kier alpha value is 0.130. The summed E-state index contributed by atoms with van der Waals surface area (Å²) in [6.45, 7) is 8.34. The molecule has 6 heteroatoms. The van der Waals surface area contributed by atoms with E-state index in [1.165, 1.54) is 0 Å². The molecule has 1 N–H and O–H groups in total. The molecule has 1 aliphatic heterocycles. The van der Waals surface area contributed by atoms with E-state index in [2.05, 4.69) is 40.0 Å². The number of halogens is 4. The first kappa shape index (κ1) is 21.1. The van der Waals surface area contributed by atoms with Crippen LogP contribution < -0.4 is 5.32 Å². The molecule has 1 heterocycles. The van der Waals surface area contributed by atoms with Gasteiger partial charge in [-0.2, -0.15) is 0 Å². The lowest BCUT2D eigenvalue weighted by molar-refractivity contribution is 0.150. The van der Waals surface area contributed by atoms with Crippen LogP contribution >= 0.6 is 40.7 Å². The van der Waals surface area contributed by atoms with Crippen LogP contribution in [0.4, 0.5) is 4.39 Å². The van der Waals surface area contributed by atoms with Gasteiger partial charge in [0.1, 0.15) is 5.82 Å². The highest BCUT2D eigenvalue weighted by molar-refractivity contribution is 9.10. The molecule has 0 amide bonds. The van der Waals surface area contributed by atoms with Gasteiger partial charge in [-0.3, -0.25) is 4.90 Å². The van der Waals surface area contributed by atoms with E-state index in [0.29, 0.717) is 5.92 Å². The molecule has 1 aromatic rings. The van der Waals surface area contributed by atoms with Crippen molar-refractivity contribution in [1.82, 2.24) is 10.2 Å². The molecule has 0 bridgehead atoms. The van der Waals surface area contributed by atoms with E-state index in [1.807, 2.05) is 6.07 Å². The lowest BCUT2D eigenvalue weighted by Gasteiger charge is -2.36. The Balaban J connectivity index is 0.00000200. The molecule has 0 saturated carbocycles. The maximum absolute atomic E-state index is 14.2. The van der Waals surface area contributed by atoms with Gasteiger partial charge in [0.05, 0.1) is 0 Å². The van der Waals surface area contributed by atoms with E-state index < -0.39 is 0 Å². The minimum Gasteiger partial charge on any atom is -0.314 e. The monoisotopic (exact) mass is 400 g/mol. The molecule has 0 radical (unpaired) electrons. The number of benzene rings is 1. The zero-order chi connectivity index (χ0) is 13.8. The Morgan fingerprint density at radius 2 is 1.86 bits per heavy atom. The van der Waals surface area contributed by atoms with Crippen molar-refractivity contribution in [3.05, 3.63) is 34.1 Å². The van der Waals surface area contributed by atoms with Crippen LogP contribution in [0.5, 0.6) is 0 Å². The highest BCUT2D eigenvalue weighted by Gasteiger charge is 2.26. The van der Waals surface area contributed by atoms with Gasteiger partial charge in [-0.15, -0.1) is 24.8 Å². The van der Waals surface area contributed by atoms with Gasteiger partial charge in [0.15, 0.2) is 0 Å². The Morgan fingerprint density at radius 3 is 2.38 bits per heavy atom. The summed E-state index contributed by atoms with van der Waals surface area (Å²) < 4.78 is 15.1. The SMILES string of the molecule is CC(C)C[C@@H](c1c(F)cccc1Br)N1CCNCC1.Cl.Cl. The van der Waals surface area contributed by atoms with E-state index in [0.717, 1.165) is 42.6 Å². The van der Waals surface area contributed by atoms with Crippen molar-refractivity contribution in [2.45, 2.75) is 26.3 Å². The Kier molecular flexibility index (Phi) is 10.1. The fourth-order valence-electron chi connectivity index (χ4n) is 2.72. The van der Waals surface area contributed by atoms with Crippen LogP contribution in [0.1, 0.15) is 31.9 Å². The fraction of sp³-hybridized carbons (Fsp3) is 0.600. The third kappa shape index (κ3) is 5.68. The van der Waals surface area contributed by atoms with Crippen LogP contribution in [0.25, 0.3) is 0 Å². The topological polar surface area (TPSA) is 15.3 Å². The molecule has 0 unspecified atom stereocenters.